The van der Waals surface area contributed by atoms with Gasteiger partial charge in [-0.15, -0.1) is 0 Å². The van der Waals surface area contributed by atoms with E-state index in [2.05, 4.69) is 42.2 Å². The lowest BCUT2D eigenvalue weighted by atomic mass is 9.96. The Morgan fingerprint density at radius 2 is 1.36 bits per heavy atom. The summed E-state index contributed by atoms with van der Waals surface area (Å²) >= 11 is 0. The molecule has 61 heavy (non-hydrogen) atoms. The lowest BCUT2D eigenvalue weighted by molar-refractivity contribution is -0.163. The van der Waals surface area contributed by atoms with Gasteiger partial charge in [0.15, 0.2) is 5.96 Å². The second-order valence-corrected chi connectivity index (χ2v) is 14.2. The Hall–Kier alpha value is -6.21. The molecule has 0 fully saturated rings. The number of aldehydes is 1. The molecule has 0 rings (SSSR count). The number of allylic oxidation sites excluding steroid dienone is 1. The molecule has 0 bridgehead atoms. The number of hydrogen-bond acceptors (Lipinski definition) is 14. The maximum absolute atomic E-state index is 13.3. The Labute approximate surface area is 352 Å². The molecule has 25 nitrogen and oxygen atoms in total. The van der Waals surface area contributed by atoms with Crippen molar-refractivity contribution in [1.29, 1.82) is 0 Å². The van der Waals surface area contributed by atoms with Gasteiger partial charge in [0.2, 0.25) is 41.4 Å². The number of aliphatic hydroxyl groups excluding tert-OH is 1. The average Bonchev–Trinajstić information content (AvgIpc) is 3.19. The van der Waals surface area contributed by atoms with E-state index in [0.717, 1.165) is 13.8 Å². The van der Waals surface area contributed by atoms with Gasteiger partial charge >= 0.3 is 5.97 Å². The zero-order valence-electron chi connectivity index (χ0n) is 35.4. The fourth-order valence-electron chi connectivity index (χ4n) is 5.09. The highest BCUT2D eigenvalue weighted by Gasteiger charge is 2.36. The quantitative estimate of drug-likeness (QED) is 0.00699. The third kappa shape index (κ3) is 20.5. The summed E-state index contributed by atoms with van der Waals surface area (Å²) in [6, 6.07) is -7.42. The number of nitrogens with zero attached hydrogens (tertiary/aromatic N) is 2. The molecule has 344 valence electrons. The maximum atomic E-state index is 13.3. The van der Waals surface area contributed by atoms with Gasteiger partial charge in [-0.1, -0.05) is 13.0 Å². The number of carboxylic acid groups (broad SMARTS) is 1. The van der Waals surface area contributed by atoms with Crippen molar-refractivity contribution < 1.29 is 63.4 Å². The average molecular weight is 871 g/mol. The Bertz CT molecular complexity index is 1640. The number of aliphatic carboxylic acids is 1. The van der Waals surface area contributed by atoms with E-state index in [1.54, 1.807) is 0 Å². The first-order valence-corrected chi connectivity index (χ1v) is 19.3. The first kappa shape index (κ1) is 54.8. The van der Waals surface area contributed by atoms with Gasteiger partial charge in [-0.05, 0) is 60.3 Å². The molecule has 9 unspecified atom stereocenters. The van der Waals surface area contributed by atoms with Crippen LogP contribution in [0.25, 0.3) is 0 Å². The third-order valence-corrected chi connectivity index (χ3v) is 8.98. The van der Waals surface area contributed by atoms with E-state index in [1.807, 2.05) is 0 Å². The second kappa shape index (κ2) is 27.5. The van der Waals surface area contributed by atoms with Crippen LogP contribution in [-0.4, -0.2) is 148 Å². The Balaban J connectivity index is 5.66. The predicted octanol–water partition coefficient (Wildman–Crippen LogP) is -5.08. The molecular weight excluding hydrogens is 808 g/mol. The van der Waals surface area contributed by atoms with E-state index >= 15 is 0 Å². The highest BCUT2D eigenvalue weighted by atomic mass is 16.5. The standard InChI is InChI=1S/C36H62N12O13/c1-8-24(45-26(51)15-41-30(54)20(5)43-34(58)27(17(2)35(59)60)47-29(53)18(3)28(52)19(4)37)32(56)46-25(12-10-14-48(61)22(7)50)33(57)42-21(6)31(55)44-23(16-49)11-9-13-40-36(38)39/h8,16-21,23,25,27-28,52,61H,9-15,37H2,1-7H3,(H,41,54)(H,42,57)(H,43,58)(H,44,55)(H,45,51)(H,46,56)(H,47,53)(H,59,60)(H4,38,39,40)/b24-8+. The molecule has 0 radical (unpaired) electrons. The van der Waals surface area contributed by atoms with Crippen LogP contribution in [0.3, 0.4) is 0 Å². The molecule has 0 aliphatic carbocycles. The predicted molar refractivity (Wildman–Crippen MR) is 216 cm³/mol. The summed E-state index contributed by atoms with van der Waals surface area (Å²) in [6.07, 6.45) is 0.710. The van der Waals surface area contributed by atoms with Crippen molar-refractivity contribution in [3.05, 3.63) is 11.8 Å². The topological polar surface area (TPSA) is 409 Å². The van der Waals surface area contributed by atoms with Crippen molar-refractivity contribution in [3.8, 4) is 0 Å². The van der Waals surface area contributed by atoms with Crippen LogP contribution >= 0.6 is 0 Å². The van der Waals surface area contributed by atoms with Gasteiger partial charge in [-0.2, -0.15) is 0 Å². The number of aliphatic hydroxyl groups is 1. The molecule has 0 aromatic carbocycles. The highest BCUT2D eigenvalue weighted by molar-refractivity contribution is 6.01. The Morgan fingerprint density at radius 3 is 1.89 bits per heavy atom. The van der Waals surface area contributed by atoms with Crippen LogP contribution < -0.4 is 54.4 Å². The number of aliphatic imine (C=N–C) groups is 1. The smallest absolute Gasteiger partial charge is 0.308 e. The van der Waals surface area contributed by atoms with Crippen molar-refractivity contribution in [2.75, 3.05) is 19.6 Å². The van der Waals surface area contributed by atoms with Crippen molar-refractivity contribution in [3.63, 3.8) is 0 Å². The number of rotatable bonds is 27. The maximum Gasteiger partial charge on any atom is 0.308 e. The fraction of sp³-hybridized carbons (Fsp3) is 0.639. The van der Waals surface area contributed by atoms with Crippen LogP contribution in [0.5, 0.6) is 0 Å². The Kier molecular flexibility index (Phi) is 24.7. The molecule has 0 aliphatic heterocycles. The number of hydrogen-bond donors (Lipinski definition) is 13. The highest BCUT2D eigenvalue weighted by Crippen LogP contribution is 2.11. The number of guanidine groups is 1. The van der Waals surface area contributed by atoms with Gasteiger partial charge in [-0.3, -0.25) is 53.4 Å². The van der Waals surface area contributed by atoms with Crippen molar-refractivity contribution in [2.24, 2.45) is 34.0 Å². The first-order valence-electron chi connectivity index (χ1n) is 19.3. The van der Waals surface area contributed by atoms with Gasteiger partial charge in [0, 0.05) is 26.1 Å². The van der Waals surface area contributed by atoms with Gasteiger partial charge < -0.3 is 69.4 Å². The number of amides is 8. The van der Waals surface area contributed by atoms with E-state index in [-0.39, 0.29) is 44.0 Å². The van der Waals surface area contributed by atoms with Crippen LogP contribution in [0.15, 0.2) is 16.8 Å². The van der Waals surface area contributed by atoms with E-state index in [1.165, 1.54) is 40.7 Å². The Morgan fingerprint density at radius 1 is 0.770 bits per heavy atom. The molecule has 0 saturated heterocycles. The molecule has 0 heterocycles. The largest absolute Gasteiger partial charge is 0.481 e. The first-order chi connectivity index (χ1) is 28.4. The molecule has 0 saturated carbocycles. The lowest BCUT2D eigenvalue weighted by Crippen LogP contribution is -2.58. The monoisotopic (exact) mass is 870 g/mol. The molecule has 0 aromatic rings. The molecule has 8 amide bonds. The van der Waals surface area contributed by atoms with Gasteiger partial charge in [0.25, 0.3) is 5.91 Å². The minimum absolute atomic E-state index is 0.0194. The summed E-state index contributed by atoms with van der Waals surface area (Å²) in [5.41, 5.74) is 15.8. The summed E-state index contributed by atoms with van der Waals surface area (Å²) in [5, 5.41) is 46.2. The van der Waals surface area contributed by atoms with Gasteiger partial charge in [0.1, 0.15) is 36.2 Å². The fourth-order valence-corrected chi connectivity index (χ4v) is 5.09. The second-order valence-electron chi connectivity index (χ2n) is 14.2. The number of nitrogens with one attached hydrogen (secondary N) is 7. The van der Waals surface area contributed by atoms with Crippen LogP contribution in [-0.2, 0) is 47.9 Å². The summed E-state index contributed by atoms with van der Waals surface area (Å²) in [4.78, 5) is 129. The molecular formula is C36H62N12O13. The van der Waals surface area contributed by atoms with Gasteiger partial charge in [-0.25, -0.2) is 5.06 Å². The lowest BCUT2D eigenvalue weighted by Gasteiger charge is -2.27. The van der Waals surface area contributed by atoms with Crippen molar-refractivity contribution in [1.82, 2.24) is 42.3 Å². The summed E-state index contributed by atoms with van der Waals surface area (Å²) in [5.74, 6) is -11.3. The molecule has 0 aliphatic rings. The minimum Gasteiger partial charge on any atom is -0.481 e. The van der Waals surface area contributed by atoms with Crippen LogP contribution in [0.2, 0.25) is 0 Å². The van der Waals surface area contributed by atoms with Crippen molar-refractivity contribution >= 4 is 65.5 Å². The minimum atomic E-state index is -1.68. The molecule has 25 heteroatoms. The van der Waals surface area contributed by atoms with Crippen molar-refractivity contribution in [2.45, 2.75) is 117 Å². The zero-order valence-corrected chi connectivity index (χ0v) is 35.4. The number of carboxylic acids is 1. The summed E-state index contributed by atoms with van der Waals surface area (Å²) in [7, 11) is 0. The summed E-state index contributed by atoms with van der Waals surface area (Å²) in [6.45, 7) is 8.14. The molecule has 9 atom stereocenters. The van der Waals surface area contributed by atoms with E-state index in [9.17, 15) is 63.4 Å². The van der Waals surface area contributed by atoms with E-state index in [4.69, 9.17) is 17.2 Å². The van der Waals surface area contributed by atoms with E-state index < -0.39 is 114 Å². The van der Waals surface area contributed by atoms with Crippen LogP contribution in [0.4, 0.5) is 0 Å². The molecule has 16 N–H and O–H groups in total. The summed E-state index contributed by atoms with van der Waals surface area (Å²) < 4.78 is 0. The number of hydroxylamine groups is 2. The van der Waals surface area contributed by atoms with Crippen LogP contribution in [0.1, 0.15) is 74.1 Å². The number of nitrogens with two attached hydrogens (primary N) is 3. The molecule has 0 spiro atoms. The third-order valence-electron chi connectivity index (χ3n) is 8.98. The SMILES string of the molecule is C/C=C(/NC(=O)CNC(=O)C(C)NC(=O)C(NC(=O)C(C)C(O)C(C)N)C(C)C(=O)O)C(=O)NC(CCCN(O)C(C)=O)C(=O)NC(C)C(=O)NC(C=O)CCCN=C(N)N. The number of carbonyl (C=O) groups excluding carboxylic acids is 9. The molecule has 0 aromatic heterocycles. The zero-order chi connectivity index (χ0) is 47.1. The number of carbonyl (C=O) groups is 10. The van der Waals surface area contributed by atoms with Crippen LogP contribution in [0, 0.1) is 11.8 Å². The van der Waals surface area contributed by atoms with Gasteiger partial charge in [0.05, 0.1) is 30.5 Å². The van der Waals surface area contributed by atoms with E-state index in [0.29, 0.717) is 17.8 Å². The normalized spacial score (nSPS) is 15.5.